The molecule has 0 bridgehead atoms. The second-order valence-electron chi connectivity index (χ2n) is 5.37. The number of carbonyl (C=O) groups is 2. The molecule has 0 aliphatic rings. The quantitative estimate of drug-likeness (QED) is 0.436. The van der Waals surface area contributed by atoms with Gasteiger partial charge in [-0.15, -0.1) is 0 Å². The van der Waals surface area contributed by atoms with Crippen LogP contribution in [0.1, 0.15) is 15.9 Å². The summed E-state index contributed by atoms with van der Waals surface area (Å²) in [5, 5.41) is 10.5. The Kier molecular flexibility index (Phi) is 6.24. The van der Waals surface area contributed by atoms with E-state index in [0.717, 1.165) is 18.2 Å². The summed E-state index contributed by atoms with van der Waals surface area (Å²) in [5.41, 5.74) is 0.375. The van der Waals surface area contributed by atoms with Crippen LogP contribution in [0.2, 0.25) is 5.02 Å². The zero-order valence-electron chi connectivity index (χ0n) is 13.6. The molecule has 0 radical (unpaired) electrons. The average Bonchev–Trinajstić information content (AvgIpc) is 2.61. The number of nitro groups is 1. The second-order valence-corrected chi connectivity index (χ2v) is 5.78. The lowest BCUT2D eigenvalue weighted by molar-refractivity contribution is -0.384. The van der Waals surface area contributed by atoms with Crippen molar-refractivity contribution >= 4 is 29.2 Å². The van der Waals surface area contributed by atoms with E-state index in [9.17, 15) is 24.1 Å². The number of nitrogens with zero attached hydrogens (tertiary/aromatic N) is 2. The maximum atomic E-state index is 12.9. The molecule has 0 atom stereocenters. The van der Waals surface area contributed by atoms with Crippen molar-refractivity contribution < 1.29 is 23.6 Å². The number of esters is 1. The van der Waals surface area contributed by atoms with Gasteiger partial charge in [-0.25, -0.2) is 9.18 Å². The van der Waals surface area contributed by atoms with Crippen LogP contribution in [0, 0.1) is 15.9 Å². The van der Waals surface area contributed by atoms with Gasteiger partial charge in [0.1, 0.15) is 5.82 Å². The predicted molar refractivity (Wildman–Crippen MR) is 91.3 cm³/mol. The predicted octanol–water partition coefficient (Wildman–Crippen LogP) is 3.20. The molecule has 1 amide bonds. The summed E-state index contributed by atoms with van der Waals surface area (Å²) in [6, 6.07) is 8.96. The van der Waals surface area contributed by atoms with Gasteiger partial charge in [0, 0.05) is 25.7 Å². The van der Waals surface area contributed by atoms with E-state index in [1.165, 1.54) is 24.1 Å². The average molecular weight is 381 g/mol. The lowest BCUT2D eigenvalue weighted by Gasteiger charge is -2.17. The Morgan fingerprint density at radius 2 is 1.88 bits per heavy atom. The van der Waals surface area contributed by atoms with Crippen molar-refractivity contribution in [2.75, 3.05) is 13.7 Å². The van der Waals surface area contributed by atoms with Gasteiger partial charge in [0.15, 0.2) is 6.61 Å². The molecule has 0 aromatic heterocycles. The Morgan fingerprint density at radius 1 is 1.23 bits per heavy atom. The molecular weight excluding hydrogens is 367 g/mol. The Labute approximate surface area is 153 Å². The standard InChI is InChI=1S/C17H14ClFN2O5/c1-20(9-11-2-4-12(19)5-3-11)16(22)10-26-17(23)14-7-6-13(21(24)25)8-15(14)18/h2-8H,9-10H2,1H3. The summed E-state index contributed by atoms with van der Waals surface area (Å²) in [7, 11) is 1.51. The highest BCUT2D eigenvalue weighted by atomic mass is 35.5. The highest BCUT2D eigenvalue weighted by Gasteiger charge is 2.18. The fourth-order valence-electron chi connectivity index (χ4n) is 2.05. The normalized spacial score (nSPS) is 10.3. The summed E-state index contributed by atoms with van der Waals surface area (Å²) >= 11 is 5.84. The van der Waals surface area contributed by atoms with Gasteiger partial charge in [-0.1, -0.05) is 23.7 Å². The van der Waals surface area contributed by atoms with Crippen molar-refractivity contribution in [1.82, 2.24) is 4.90 Å². The van der Waals surface area contributed by atoms with Gasteiger partial charge in [0.25, 0.3) is 11.6 Å². The molecule has 0 N–H and O–H groups in total. The number of likely N-dealkylation sites (N-methyl/N-ethyl adjacent to an activating group) is 1. The highest BCUT2D eigenvalue weighted by molar-refractivity contribution is 6.33. The van der Waals surface area contributed by atoms with Gasteiger partial charge in [-0.05, 0) is 23.8 Å². The topological polar surface area (TPSA) is 89.8 Å². The first-order valence-corrected chi connectivity index (χ1v) is 7.75. The van der Waals surface area contributed by atoms with Crippen molar-refractivity contribution in [3.8, 4) is 0 Å². The number of non-ortho nitro benzene ring substituents is 1. The van der Waals surface area contributed by atoms with Crippen LogP contribution in [0.15, 0.2) is 42.5 Å². The van der Waals surface area contributed by atoms with E-state index in [0.29, 0.717) is 5.56 Å². The van der Waals surface area contributed by atoms with Crippen LogP contribution in [0.25, 0.3) is 0 Å². The zero-order chi connectivity index (χ0) is 19.3. The summed E-state index contributed by atoms with van der Waals surface area (Å²) in [5.74, 6) is -1.72. The minimum absolute atomic E-state index is 0.0775. The molecule has 0 unspecified atom stereocenters. The molecule has 0 heterocycles. The molecule has 0 fully saturated rings. The summed E-state index contributed by atoms with van der Waals surface area (Å²) in [6.07, 6.45) is 0. The fourth-order valence-corrected chi connectivity index (χ4v) is 2.30. The third kappa shape index (κ3) is 5.00. The number of hydrogen-bond donors (Lipinski definition) is 0. The van der Waals surface area contributed by atoms with E-state index in [1.54, 1.807) is 12.1 Å². The number of carbonyl (C=O) groups excluding carboxylic acids is 2. The van der Waals surface area contributed by atoms with Gasteiger partial charge in [-0.3, -0.25) is 14.9 Å². The number of ether oxygens (including phenoxy) is 1. The van der Waals surface area contributed by atoms with E-state index >= 15 is 0 Å². The highest BCUT2D eigenvalue weighted by Crippen LogP contribution is 2.23. The number of amides is 1. The molecule has 9 heteroatoms. The smallest absolute Gasteiger partial charge is 0.340 e. The molecule has 0 saturated carbocycles. The van der Waals surface area contributed by atoms with Gasteiger partial charge >= 0.3 is 5.97 Å². The Balaban J connectivity index is 1.92. The molecule has 0 spiro atoms. The molecule has 0 aliphatic carbocycles. The van der Waals surface area contributed by atoms with Gasteiger partial charge in [-0.2, -0.15) is 0 Å². The minimum atomic E-state index is -0.867. The van der Waals surface area contributed by atoms with Crippen LogP contribution >= 0.6 is 11.6 Å². The van der Waals surface area contributed by atoms with Gasteiger partial charge in [0.2, 0.25) is 0 Å². The largest absolute Gasteiger partial charge is 0.452 e. The minimum Gasteiger partial charge on any atom is -0.452 e. The number of benzene rings is 2. The Hall–Kier alpha value is -3.00. The molecule has 0 saturated heterocycles. The first-order chi connectivity index (χ1) is 12.3. The van der Waals surface area contributed by atoms with E-state index < -0.39 is 23.4 Å². The summed E-state index contributed by atoms with van der Waals surface area (Å²) in [4.78, 5) is 35.3. The van der Waals surface area contributed by atoms with Crippen molar-refractivity contribution in [3.05, 3.63) is 74.5 Å². The number of halogens is 2. The van der Waals surface area contributed by atoms with Gasteiger partial charge in [0.05, 0.1) is 15.5 Å². The Morgan fingerprint density at radius 3 is 2.46 bits per heavy atom. The van der Waals surface area contributed by atoms with Crippen molar-refractivity contribution in [2.45, 2.75) is 6.54 Å². The second kappa shape index (κ2) is 8.39. The summed E-state index contributed by atoms with van der Waals surface area (Å²) in [6.45, 7) is -0.307. The fraction of sp³-hybridized carbons (Fsp3) is 0.176. The Bertz CT molecular complexity index is 842. The first kappa shape index (κ1) is 19.3. The zero-order valence-corrected chi connectivity index (χ0v) is 14.4. The third-order valence-corrected chi connectivity index (χ3v) is 3.78. The molecular formula is C17H14ClFN2O5. The molecule has 0 aliphatic heterocycles. The van der Waals surface area contributed by atoms with E-state index in [-0.39, 0.29) is 28.6 Å². The molecule has 2 aromatic carbocycles. The molecule has 2 aromatic rings. The lowest BCUT2D eigenvalue weighted by Crippen LogP contribution is -2.30. The molecule has 2 rings (SSSR count). The van der Waals surface area contributed by atoms with Crippen LogP contribution < -0.4 is 0 Å². The first-order valence-electron chi connectivity index (χ1n) is 7.37. The van der Waals surface area contributed by atoms with Crippen LogP contribution in [-0.4, -0.2) is 35.4 Å². The van der Waals surface area contributed by atoms with E-state index in [4.69, 9.17) is 16.3 Å². The van der Waals surface area contributed by atoms with Crippen LogP contribution in [-0.2, 0) is 16.1 Å². The maximum absolute atomic E-state index is 12.9. The van der Waals surface area contributed by atoms with Crippen molar-refractivity contribution in [1.29, 1.82) is 0 Å². The van der Waals surface area contributed by atoms with Crippen molar-refractivity contribution in [2.24, 2.45) is 0 Å². The lowest BCUT2D eigenvalue weighted by atomic mass is 10.2. The number of rotatable bonds is 6. The molecule has 7 nitrogen and oxygen atoms in total. The molecule has 26 heavy (non-hydrogen) atoms. The third-order valence-electron chi connectivity index (χ3n) is 3.47. The molecule has 136 valence electrons. The van der Waals surface area contributed by atoms with Crippen LogP contribution in [0.4, 0.5) is 10.1 Å². The van der Waals surface area contributed by atoms with E-state index in [1.807, 2.05) is 0 Å². The monoisotopic (exact) mass is 380 g/mol. The van der Waals surface area contributed by atoms with Crippen LogP contribution in [0.5, 0.6) is 0 Å². The SMILES string of the molecule is CN(Cc1ccc(F)cc1)C(=O)COC(=O)c1ccc([N+](=O)[O-])cc1Cl. The van der Waals surface area contributed by atoms with Gasteiger partial charge < -0.3 is 9.64 Å². The van der Waals surface area contributed by atoms with E-state index in [2.05, 4.69) is 0 Å². The summed E-state index contributed by atoms with van der Waals surface area (Å²) < 4.78 is 17.8. The maximum Gasteiger partial charge on any atom is 0.340 e. The van der Waals surface area contributed by atoms with Crippen molar-refractivity contribution in [3.63, 3.8) is 0 Å². The number of nitro benzene ring substituents is 1. The number of hydrogen-bond acceptors (Lipinski definition) is 5. The van der Waals surface area contributed by atoms with Crippen LogP contribution in [0.3, 0.4) is 0 Å².